The number of aliphatic hydroxyl groups is 1. The molecule has 6 atom stereocenters. The number of amides is 5. The Morgan fingerprint density at radius 2 is 1.62 bits per heavy atom. The number of carbonyl (C=O) groups is 4. The summed E-state index contributed by atoms with van der Waals surface area (Å²) in [6, 6.07) is -4.46. The maximum Gasteiger partial charge on any atom is 1.00 e. The topological polar surface area (TPSA) is 211 Å². The third-order valence-corrected chi connectivity index (χ3v) is 10.2. The Hall–Kier alpha value is -1.45. The van der Waals surface area contributed by atoms with Crippen LogP contribution < -0.4 is 51.2 Å². The normalized spacial score (nSPS) is 26.3. The number of urea groups is 1. The van der Waals surface area contributed by atoms with Crippen molar-refractivity contribution in [2.75, 3.05) is 6.54 Å². The molecular weight excluding hydrogens is 577 g/mol. The van der Waals surface area contributed by atoms with Gasteiger partial charge >= 0.3 is 35.6 Å². The van der Waals surface area contributed by atoms with E-state index in [1.54, 1.807) is 41.5 Å². The molecule has 15 heteroatoms. The van der Waals surface area contributed by atoms with E-state index >= 15 is 0 Å². The van der Waals surface area contributed by atoms with E-state index in [1.165, 1.54) is 4.90 Å². The average molecular weight is 624 g/mol. The van der Waals surface area contributed by atoms with Crippen LogP contribution in [-0.4, -0.2) is 81.9 Å². The molecule has 0 aromatic carbocycles. The Morgan fingerprint density at radius 1 is 1.07 bits per heavy atom. The summed E-state index contributed by atoms with van der Waals surface area (Å²) in [5, 5.41) is 18.8. The predicted octanol–water partition coefficient (Wildman–Crippen LogP) is -2.62. The van der Waals surface area contributed by atoms with Gasteiger partial charge in [0.1, 0.15) is 22.2 Å². The van der Waals surface area contributed by atoms with Crippen LogP contribution in [0.15, 0.2) is 0 Å². The van der Waals surface area contributed by atoms with Crippen molar-refractivity contribution in [1.82, 2.24) is 20.9 Å². The minimum absolute atomic E-state index is 0. The molecule has 1 saturated heterocycles. The molecule has 3 aliphatic rings. The van der Waals surface area contributed by atoms with Crippen molar-refractivity contribution in [1.29, 1.82) is 0 Å². The molecule has 0 spiro atoms. The van der Waals surface area contributed by atoms with Crippen LogP contribution >= 0.6 is 0 Å². The van der Waals surface area contributed by atoms with Gasteiger partial charge in [0.25, 0.3) is 10.8 Å². The first kappa shape index (κ1) is 36.7. The molecular formula is C27H46N5NaO8S. The van der Waals surface area contributed by atoms with Gasteiger partial charge in [0.15, 0.2) is 0 Å². The molecule has 5 amide bonds. The minimum Gasteiger partial charge on any atom is -0.745 e. The van der Waals surface area contributed by atoms with Gasteiger partial charge in [-0.2, -0.15) is 0 Å². The van der Waals surface area contributed by atoms with Crippen LogP contribution in [0.2, 0.25) is 0 Å². The van der Waals surface area contributed by atoms with Gasteiger partial charge in [0.2, 0.25) is 11.8 Å². The van der Waals surface area contributed by atoms with Crippen LogP contribution in [0, 0.1) is 28.6 Å². The van der Waals surface area contributed by atoms with Crippen molar-refractivity contribution in [3.8, 4) is 0 Å². The van der Waals surface area contributed by atoms with E-state index in [0.29, 0.717) is 12.8 Å². The first-order valence-corrected chi connectivity index (χ1v) is 15.5. The number of rotatable bonds is 9. The molecule has 42 heavy (non-hydrogen) atoms. The molecule has 3 rings (SSSR count). The maximum absolute atomic E-state index is 14.0. The van der Waals surface area contributed by atoms with Crippen molar-refractivity contribution >= 4 is 33.9 Å². The van der Waals surface area contributed by atoms with Gasteiger partial charge < -0.3 is 36.2 Å². The van der Waals surface area contributed by atoms with Crippen LogP contribution in [0.5, 0.6) is 0 Å². The van der Waals surface area contributed by atoms with Crippen LogP contribution in [0.25, 0.3) is 0 Å². The molecule has 0 radical (unpaired) electrons. The zero-order valence-corrected chi connectivity index (χ0v) is 29.1. The van der Waals surface area contributed by atoms with E-state index in [-0.39, 0.29) is 65.7 Å². The summed E-state index contributed by atoms with van der Waals surface area (Å²) in [6.07, 6.45) is 2.03. The molecule has 3 fully saturated rings. The quantitative estimate of drug-likeness (QED) is 0.135. The molecule has 2 saturated carbocycles. The number of hydrogen-bond donors (Lipinski definition) is 5. The van der Waals surface area contributed by atoms with E-state index in [2.05, 4.69) is 16.0 Å². The molecule has 13 nitrogen and oxygen atoms in total. The minimum atomic E-state index is -5.70. The number of nitrogens with zero attached hydrogens (tertiary/aromatic N) is 1. The Balaban J connectivity index is 0.00000616. The van der Waals surface area contributed by atoms with Crippen molar-refractivity contribution in [2.24, 2.45) is 34.3 Å². The fraction of sp³-hybridized carbons (Fsp3) is 0.852. The number of fused-ring (bicyclic) bond motifs is 1. The molecule has 6 N–H and O–H groups in total. The maximum atomic E-state index is 14.0. The largest absolute Gasteiger partial charge is 1.00 e. The van der Waals surface area contributed by atoms with Crippen molar-refractivity contribution in [3.63, 3.8) is 0 Å². The summed E-state index contributed by atoms with van der Waals surface area (Å²) in [6.45, 7) is 14.9. The van der Waals surface area contributed by atoms with Crippen LogP contribution in [0.3, 0.4) is 0 Å². The molecule has 234 valence electrons. The summed E-state index contributed by atoms with van der Waals surface area (Å²) < 4.78 is 36.3. The third-order valence-electron chi connectivity index (χ3n) is 8.95. The second-order valence-electron chi connectivity index (χ2n) is 14.6. The van der Waals surface area contributed by atoms with E-state index < -0.39 is 67.9 Å². The summed E-state index contributed by atoms with van der Waals surface area (Å²) in [5.74, 6) is -3.55. The zero-order chi connectivity index (χ0) is 31.5. The Bertz CT molecular complexity index is 1190. The van der Waals surface area contributed by atoms with Gasteiger partial charge in [-0.15, -0.1) is 0 Å². The average Bonchev–Trinajstić information content (AvgIpc) is 3.10. The molecule has 1 aliphatic heterocycles. The summed E-state index contributed by atoms with van der Waals surface area (Å²) in [5.41, 5.74) is 3.60. The van der Waals surface area contributed by atoms with Crippen molar-refractivity contribution < 1.29 is 66.8 Å². The smallest absolute Gasteiger partial charge is 0.745 e. The number of piperidine rings is 1. The Morgan fingerprint density at radius 3 is 2.02 bits per heavy atom. The second kappa shape index (κ2) is 12.2. The molecule has 4 unspecified atom stereocenters. The van der Waals surface area contributed by atoms with Gasteiger partial charge in [-0.25, -0.2) is 13.2 Å². The van der Waals surface area contributed by atoms with Crippen LogP contribution in [-0.2, 0) is 24.5 Å². The van der Waals surface area contributed by atoms with Gasteiger partial charge in [-0.1, -0.05) is 53.9 Å². The van der Waals surface area contributed by atoms with Crippen LogP contribution in [0.4, 0.5) is 4.79 Å². The zero-order valence-electron chi connectivity index (χ0n) is 26.2. The van der Waals surface area contributed by atoms with Crippen molar-refractivity contribution in [2.45, 2.75) is 110 Å². The van der Waals surface area contributed by atoms with Gasteiger partial charge in [0.05, 0.1) is 6.04 Å². The number of carbonyl (C=O) groups excluding carboxylic acids is 4. The SMILES string of the molecule is CC(C)(C)NC(=O)NC(C(=O)N1C[C@H]2[C@@H](C1C(=O)NC(CC1CCC1)C(O)(C(N)=O)S(=O)(=O)[O-])C2(C)C)C(C)(C)C.[Na+]. The Labute approximate surface area is 270 Å². The standard InChI is InChI=1S/C27H47N5O8S.Na/c1-24(2,3)19(30-23(36)31-25(4,5)6)21(34)32-13-15-17(26(15,7)8)18(32)20(33)29-16(12-14-10-9-11-14)27(37,22(28)35)41(38,39)40;/h14-19,37H,9-13H2,1-8H3,(H2,28,35)(H,29,33)(H2,30,31,36)(H,38,39,40);/q;+1/p-1/t15-,16?,17-,18?,19?,27?;/m0./s1. The summed E-state index contributed by atoms with van der Waals surface area (Å²) in [7, 11) is -5.70. The molecule has 1 heterocycles. The fourth-order valence-electron chi connectivity index (χ4n) is 6.24. The number of likely N-dealkylation sites (tertiary alicyclic amines) is 1. The summed E-state index contributed by atoms with van der Waals surface area (Å²) >= 11 is 0. The molecule has 0 aromatic heterocycles. The number of hydrogen-bond acceptors (Lipinski definition) is 8. The first-order valence-electron chi connectivity index (χ1n) is 14.1. The van der Waals surface area contributed by atoms with Gasteiger partial charge in [-0.3, -0.25) is 14.4 Å². The van der Waals surface area contributed by atoms with E-state index in [4.69, 9.17) is 5.73 Å². The number of nitrogens with two attached hydrogens (primary N) is 1. The fourth-order valence-corrected chi connectivity index (χ4v) is 6.99. The molecule has 0 aromatic rings. The summed E-state index contributed by atoms with van der Waals surface area (Å²) in [4.78, 5) is 50.6. The van der Waals surface area contributed by atoms with E-state index in [1.807, 2.05) is 13.8 Å². The van der Waals surface area contributed by atoms with Crippen LogP contribution in [0.1, 0.15) is 81.1 Å². The van der Waals surface area contributed by atoms with E-state index in [0.717, 1.165) is 6.42 Å². The van der Waals surface area contributed by atoms with Gasteiger partial charge in [-0.05, 0) is 55.8 Å². The van der Waals surface area contributed by atoms with Gasteiger partial charge in [0, 0.05) is 12.1 Å². The van der Waals surface area contributed by atoms with Crippen molar-refractivity contribution in [3.05, 3.63) is 0 Å². The third kappa shape index (κ3) is 7.26. The molecule has 2 aliphatic carbocycles. The Kier molecular flexibility index (Phi) is 10.6. The number of primary amides is 1. The first-order chi connectivity index (χ1) is 18.4. The van der Waals surface area contributed by atoms with E-state index in [9.17, 15) is 37.3 Å². The second-order valence-corrected chi connectivity index (χ2v) is 16.2. The number of nitrogens with one attached hydrogen (secondary N) is 3. The monoisotopic (exact) mass is 623 g/mol. The molecule has 0 bridgehead atoms. The predicted molar refractivity (Wildman–Crippen MR) is 149 cm³/mol.